The molecule has 9 heteroatoms. The minimum Gasteiger partial charge on any atom is -0.497 e. The lowest BCUT2D eigenvalue weighted by Gasteiger charge is -2.31. The number of nitrogens with zero attached hydrogens (tertiary/aromatic N) is 1. The van der Waals surface area contributed by atoms with Crippen molar-refractivity contribution < 1.29 is 22.7 Å². The Morgan fingerprint density at radius 3 is 2.26 bits per heavy atom. The van der Waals surface area contributed by atoms with Gasteiger partial charge in [0.2, 0.25) is 21.8 Å². The molecular weight excluding hydrogens is 454 g/mol. The monoisotopic (exact) mass is 487 g/mol. The van der Waals surface area contributed by atoms with Gasteiger partial charge >= 0.3 is 0 Å². The van der Waals surface area contributed by atoms with Crippen molar-refractivity contribution in [3.8, 4) is 5.75 Å². The second-order valence-electron chi connectivity index (χ2n) is 8.61. The third-order valence-electron chi connectivity index (χ3n) is 6.11. The number of carbonyl (C=O) groups is 2. The number of methoxy groups -OCH3 is 1. The molecule has 2 N–H and O–H groups in total. The first kappa shape index (κ1) is 25.7. The molecule has 1 atom stereocenters. The van der Waals surface area contributed by atoms with E-state index in [1.807, 2.05) is 31.2 Å². The summed E-state index contributed by atoms with van der Waals surface area (Å²) in [4.78, 5) is 25.3. The second-order valence-corrected chi connectivity index (χ2v) is 10.5. The molecule has 1 saturated heterocycles. The van der Waals surface area contributed by atoms with Gasteiger partial charge in [0.1, 0.15) is 11.8 Å². The van der Waals surface area contributed by atoms with Gasteiger partial charge in [-0.3, -0.25) is 9.59 Å². The molecule has 34 heavy (non-hydrogen) atoms. The summed E-state index contributed by atoms with van der Waals surface area (Å²) in [7, 11) is -1.96. The van der Waals surface area contributed by atoms with Crippen molar-refractivity contribution in [1.82, 2.24) is 14.9 Å². The summed E-state index contributed by atoms with van der Waals surface area (Å²) in [6, 6.07) is 13.7. The summed E-state index contributed by atoms with van der Waals surface area (Å²) in [6.07, 6.45) is 1.51. The van der Waals surface area contributed by atoms with Gasteiger partial charge in [-0.15, -0.1) is 0 Å². The molecule has 3 rings (SSSR count). The van der Waals surface area contributed by atoms with E-state index in [2.05, 4.69) is 10.6 Å². The lowest BCUT2D eigenvalue weighted by molar-refractivity contribution is -0.131. The van der Waals surface area contributed by atoms with E-state index >= 15 is 0 Å². The number of amides is 2. The SMILES string of the molecule is COc1ccc(CCNC(=O)C(C)NC(=O)C2CCN(S(=O)(=O)c3ccc(C)cc3)CC2)cc1. The normalized spacial score (nSPS) is 16.0. The van der Waals surface area contributed by atoms with Gasteiger partial charge in [-0.25, -0.2) is 8.42 Å². The highest BCUT2D eigenvalue weighted by Gasteiger charge is 2.32. The molecule has 8 nitrogen and oxygen atoms in total. The number of ether oxygens (including phenoxy) is 1. The minimum atomic E-state index is -3.57. The molecule has 2 amide bonds. The summed E-state index contributed by atoms with van der Waals surface area (Å²) < 4.78 is 32.2. The van der Waals surface area contributed by atoms with E-state index in [0.717, 1.165) is 16.9 Å². The first-order chi connectivity index (χ1) is 16.2. The summed E-state index contributed by atoms with van der Waals surface area (Å²) in [6.45, 7) is 4.56. The fraction of sp³-hybridized carbons (Fsp3) is 0.440. The Morgan fingerprint density at radius 2 is 1.68 bits per heavy atom. The largest absolute Gasteiger partial charge is 0.497 e. The van der Waals surface area contributed by atoms with E-state index in [9.17, 15) is 18.0 Å². The molecular formula is C25H33N3O5S. The number of hydrogen-bond acceptors (Lipinski definition) is 5. The maximum absolute atomic E-state index is 12.8. The zero-order chi connectivity index (χ0) is 24.7. The van der Waals surface area contributed by atoms with Gasteiger partial charge in [0.05, 0.1) is 12.0 Å². The minimum absolute atomic E-state index is 0.217. The van der Waals surface area contributed by atoms with Crippen LogP contribution in [-0.2, 0) is 26.0 Å². The van der Waals surface area contributed by atoms with Crippen LogP contribution in [0.15, 0.2) is 53.4 Å². The lowest BCUT2D eigenvalue weighted by atomic mass is 9.97. The predicted molar refractivity (Wildman–Crippen MR) is 130 cm³/mol. The number of carbonyl (C=O) groups excluding carboxylic acids is 2. The van der Waals surface area contributed by atoms with Crippen LogP contribution < -0.4 is 15.4 Å². The second kappa shape index (κ2) is 11.5. The van der Waals surface area contributed by atoms with Gasteiger partial charge in [-0.1, -0.05) is 29.8 Å². The zero-order valence-electron chi connectivity index (χ0n) is 19.9. The molecule has 184 valence electrons. The highest BCUT2D eigenvalue weighted by Crippen LogP contribution is 2.24. The number of nitrogens with one attached hydrogen (secondary N) is 2. The van der Waals surface area contributed by atoms with E-state index in [-0.39, 0.29) is 35.7 Å². The van der Waals surface area contributed by atoms with E-state index in [1.54, 1.807) is 38.3 Å². The van der Waals surface area contributed by atoms with Gasteiger partial charge in [0.25, 0.3) is 0 Å². The third-order valence-corrected chi connectivity index (χ3v) is 8.02. The van der Waals surface area contributed by atoms with Crippen LogP contribution in [0.5, 0.6) is 5.75 Å². The quantitative estimate of drug-likeness (QED) is 0.565. The molecule has 1 fully saturated rings. The highest BCUT2D eigenvalue weighted by atomic mass is 32.2. The van der Waals surface area contributed by atoms with Crippen LogP contribution in [0.25, 0.3) is 0 Å². The standard InChI is InChI=1S/C25H33N3O5S/c1-18-4-10-23(11-5-18)34(31,32)28-16-13-21(14-17-28)25(30)27-19(2)24(29)26-15-12-20-6-8-22(33-3)9-7-20/h4-11,19,21H,12-17H2,1-3H3,(H,26,29)(H,27,30). The number of hydrogen-bond donors (Lipinski definition) is 2. The van der Waals surface area contributed by atoms with Crippen molar-refractivity contribution >= 4 is 21.8 Å². The molecule has 0 aliphatic carbocycles. The molecule has 1 heterocycles. The number of aryl methyl sites for hydroxylation is 1. The average Bonchev–Trinajstić information content (AvgIpc) is 2.84. The number of benzene rings is 2. The van der Waals surface area contributed by atoms with E-state index in [4.69, 9.17) is 4.74 Å². The van der Waals surface area contributed by atoms with Gasteiger partial charge in [0.15, 0.2) is 0 Å². The fourth-order valence-electron chi connectivity index (χ4n) is 3.89. The molecule has 1 aliphatic rings. The first-order valence-corrected chi connectivity index (χ1v) is 12.9. The lowest BCUT2D eigenvalue weighted by Crippen LogP contribution is -2.49. The van der Waals surface area contributed by atoms with Gasteiger partial charge in [-0.2, -0.15) is 4.31 Å². The molecule has 1 unspecified atom stereocenters. The van der Waals surface area contributed by atoms with Gasteiger partial charge in [-0.05, 0) is 62.9 Å². The van der Waals surface area contributed by atoms with Crippen LogP contribution in [0.4, 0.5) is 0 Å². The van der Waals surface area contributed by atoms with Crippen molar-refractivity contribution in [2.75, 3.05) is 26.7 Å². The highest BCUT2D eigenvalue weighted by molar-refractivity contribution is 7.89. The third kappa shape index (κ3) is 6.57. The Balaban J connectivity index is 1.42. The Hall–Kier alpha value is -2.91. The summed E-state index contributed by atoms with van der Waals surface area (Å²) in [5.41, 5.74) is 2.07. The topological polar surface area (TPSA) is 105 Å². The Bertz CT molecular complexity index is 1080. The molecule has 0 aromatic heterocycles. The number of rotatable bonds is 9. The number of sulfonamides is 1. The van der Waals surface area contributed by atoms with Gasteiger partial charge < -0.3 is 15.4 Å². The average molecular weight is 488 g/mol. The van der Waals surface area contributed by atoms with Crippen LogP contribution in [0, 0.1) is 12.8 Å². The maximum atomic E-state index is 12.8. The summed E-state index contributed by atoms with van der Waals surface area (Å²) >= 11 is 0. The Kier molecular flexibility index (Phi) is 8.68. The van der Waals surface area contributed by atoms with Crippen molar-refractivity contribution in [2.24, 2.45) is 5.92 Å². The zero-order valence-corrected chi connectivity index (χ0v) is 20.7. The number of piperidine rings is 1. The van der Waals surface area contributed by atoms with Crippen molar-refractivity contribution in [1.29, 1.82) is 0 Å². The molecule has 0 spiro atoms. The van der Waals surface area contributed by atoms with Crippen molar-refractivity contribution in [3.05, 3.63) is 59.7 Å². The van der Waals surface area contributed by atoms with E-state index < -0.39 is 16.1 Å². The summed E-state index contributed by atoms with van der Waals surface area (Å²) in [5.74, 6) is -0.00634. The van der Waals surface area contributed by atoms with Crippen LogP contribution in [-0.4, -0.2) is 57.3 Å². The van der Waals surface area contributed by atoms with E-state index in [1.165, 1.54) is 4.31 Å². The first-order valence-electron chi connectivity index (χ1n) is 11.5. The Morgan fingerprint density at radius 1 is 1.06 bits per heavy atom. The van der Waals surface area contributed by atoms with Crippen molar-refractivity contribution in [3.63, 3.8) is 0 Å². The molecule has 2 aromatic rings. The van der Waals surface area contributed by atoms with E-state index in [0.29, 0.717) is 25.8 Å². The Labute approximate surface area is 201 Å². The summed E-state index contributed by atoms with van der Waals surface area (Å²) in [5, 5.41) is 5.61. The van der Waals surface area contributed by atoms with Crippen LogP contribution in [0.1, 0.15) is 30.9 Å². The smallest absolute Gasteiger partial charge is 0.243 e. The predicted octanol–water partition coefficient (Wildman–Crippen LogP) is 2.27. The van der Waals surface area contributed by atoms with Crippen LogP contribution in [0.3, 0.4) is 0 Å². The maximum Gasteiger partial charge on any atom is 0.243 e. The van der Waals surface area contributed by atoms with Gasteiger partial charge in [0, 0.05) is 25.6 Å². The molecule has 0 saturated carbocycles. The molecule has 2 aromatic carbocycles. The van der Waals surface area contributed by atoms with Crippen molar-refractivity contribution in [2.45, 2.75) is 44.0 Å². The van der Waals surface area contributed by atoms with Crippen LogP contribution in [0.2, 0.25) is 0 Å². The molecule has 1 aliphatic heterocycles. The molecule has 0 radical (unpaired) electrons. The van der Waals surface area contributed by atoms with Crippen LogP contribution >= 0.6 is 0 Å². The fourth-order valence-corrected chi connectivity index (χ4v) is 5.36. The molecule has 0 bridgehead atoms.